The van der Waals surface area contributed by atoms with Crippen LogP contribution in [-0.2, 0) is 24.4 Å². The van der Waals surface area contributed by atoms with E-state index >= 15 is 0 Å². The first-order valence-corrected chi connectivity index (χ1v) is 8.76. The first-order valence-electron chi connectivity index (χ1n) is 8.76. The second kappa shape index (κ2) is 10.5. The maximum Gasteiger partial charge on any atom is 0.191 e. The topological polar surface area (TPSA) is 54.9 Å². The number of rotatable bonds is 5. The summed E-state index contributed by atoms with van der Waals surface area (Å²) >= 11 is 0. The number of hydrogen-bond donors (Lipinski definition) is 2. The van der Waals surface area contributed by atoms with E-state index in [2.05, 4.69) is 34.7 Å². The largest absolute Gasteiger partial charge is 0.467 e. The van der Waals surface area contributed by atoms with Crippen molar-refractivity contribution in [2.45, 2.75) is 33.5 Å². The molecule has 0 aromatic heterocycles. The van der Waals surface area contributed by atoms with Gasteiger partial charge in [0.25, 0.3) is 0 Å². The molecule has 0 aliphatic carbocycles. The molecule has 0 radical (unpaired) electrons. The number of benzene rings is 2. The van der Waals surface area contributed by atoms with E-state index in [1.54, 1.807) is 0 Å². The number of fused-ring (bicyclic) bond motifs is 1. The summed E-state index contributed by atoms with van der Waals surface area (Å²) in [5, 5.41) is 6.54. The third-order valence-corrected chi connectivity index (χ3v) is 4.21. The Hall–Kier alpha value is -1.87. The minimum Gasteiger partial charge on any atom is -0.467 e. The molecule has 0 saturated heterocycles. The van der Waals surface area contributed by atoms with Crippen molar-refractivity contribution in [3.8, 4) is 5.75 Å². The first kappa shape index (κ1) is 21.4. The van der Waals surface area contributed by atoms with Crippen molar-refractivity contribution < 1.29 is 13.9 Å². The zero-order valence-corrected chi connectivity index (χ0v) is 17.9. The molecule has 0 spiro atoms. The number of nitrogens with zero attached hydrogens (tertiary/aromatic N) is 1. The summed E-state index contributed by atoms with van der Waals surface area (Å²) in [5.74, 6) is 1.05. The van der Waals surface area contributed by atoms with Crippen LogP contribution in [-0.4, -0.2) is 19.3 Å². The molecule has 0 unspecified atom stereocenters. The van der Waals surface area contributed by atoms with Crippen molar-refractivity contribution in [2.24, 2.45) is 4.99 Å². The lowest BCUT2D eigenvalue weighted by Gasteiger charge is -2.20. The van der Waals surface area contributed by atoms with Gasteiger partial charge in [0.05, 0.1) is 13.2 Å². The highest BCUT2D eigenvalue weighted by Gasteiger charge is 2.16. The van der Waals surface area contributed by atoms with Crippen LogP contribution in [0.3, 0.4) is 0 Å². The monoisotopic (exact) mass is 485 g/mol. The minimum absolute atomic E-state index is 0. The summed E-state index contributed by atoms with van der Waals surface area (Å²) < 4.78 is 24.6. The van der Waals surface area contributed by atoms with Crippen LogP contribution in [0, 0.1) is 12.7 Å². The van der Waals surface area contributed by atoms with Gasteiger partial charge in [-0.3, -0.25) is 0 Å². The Morgan fingerprint density at radius 2 is 2.00 bits per heavy atom. The predicted molar refractivity (Wildman–Crippen MR) is 115 cm³/mol. The average molecular weight is 485 g/mol. The molecule has 1 heterocycles. The van der Waals surface area contributed by atoms with Crippen LogP contribution >= 0.6 is 24.0 Å². The molecule has 2 aromatic carbocycles. The van der Waals surface area contributed by atoms with Crippen molar-refractivity contribution in [3.63, 3.8) is 0 Å². The molecule has 1 aliphatic rings. The van der Waals surface area contributed by atoms with E-state index < -0.39 is 0 Å². The third kappa shape index (κ3) is 5.80. The van der Waals surface area contributed by atoms with Crippen molar-refractivity contribution >= 4 is 29.9 Å². The molecule has 27 heavy (non-hydrogen) atoms. The number of aliphatic imine (C=N–C) groups is 1. The highest BCUT2D eigenvalue weighted by atomic mass is 127. The Kier molecular flexibility index (Phi) is 8.30. The molecule has 0 bridgehead atoms. The molecule has 2 aromatic rings. The lowest BCUT2D eigenvalue weighted by Crippen LogP contribution is -2.37. The fourth-order valence-electron chi connectivity index (χ4n) is 2.87. The molecule has 1 aliphatic heterocycles. The van der Waals surface area contributed by atoms with Gasteiger partial charge in [0.2, 0.25) is 0 Å². The van der Waals surface area contributed by atoms with Gasteiger partial charge in [-0.2, -0.15) is 0 Å². The summed E-state index contributed by atoms with van der Waals surface area (Å²) in [5.41, 5.74) is 3.88. The molecule has 0 amide bonds. The highest BCUT2D eigenvalue weighted by Crippen LogP contribution is 2.29. The zero-order valence-electron chi connectivity index (χ0n) is 15.5. The molecule has 0 atom stereocenters. The van der Waals surface area contributed by atoms with E-state index in [1.807, 2.05) is 19.1 Å². The normalized spacial score (nSPS) is 13.2. The Bertz CT molecular complexity index is 799. The standard InChI is InChI=1S/C20H24FN3O2.HI/c1-3-22-20(23-10-15-7-5-4-6-14(15)2)24-11-16-8-18(21)9-17-12-25-13-26-19(16)17;/h4-9H,3,10-13H2,1-2H3,(H2,22,23,24);1H. The van der Waals surface area contributed by atoms with Gasteiger partial charge in [-0.05, 0) is 37.1 Å². The Morgan fingerprint density at radius 3 is 2.78 bits per heavy atom. The van der Waals surface area contributed by atoms with Gasteiger partial charge in [-0.1, -0.05) is 24.3 Å². The lowest BCUT2D eigenvalue weighted by molar-refractivity contribution is -0.0172. The van der Waals surface area contributed by atoms with Gasteiger partial charge < -0.3 is 20.1 Å². The second-order valence-electron chi connectivity index (χ2n) is 6.14. The number of hydrogen-bond acceptors (Lipinski definition) is 3. The van der Waals surface area contributed by atoms with Gasteiger partial charge >= 0.3 is 0 Å². The summed E-state index contributed by atoms with van der Waals surface area (Å²) in [6.07, 6.45) is 0. The number of ether oxygens (including phenoxy) is 2. The van der Waals surface area contributed by atoms with E-state index in [-0.39, 0.29) is 36.6 Å². The van der Waals surface area contributed by atoms with E-state index in [0.29, 0.717) is 31.4 Å². The molecule has 0 fully saturated rings. The zero-order chi connectivity index (χ0) is 18.4. The van der Waals surface area contributed by atoms with Gasteiger partial charge in [0.15, 0.2) is 12.8 Å². The highest BCUT2D eigenvalue weighted by molar-refractivity contribution is 14.0. The van der Waals surface area contributed by atoms with E-state index in [1.165, 1.54) is 23.3 Å². The Morgan fingerprint density at radius 1 is 1.19 bits per heavy atom. The average Bonchev–Trinajstić information content (AvgIpc) is 2.64. The van der Waals surface area contributed by atoms with Crippen LogP contribution in [0.2, 0.25) is 0 Å². The Balaban J connectivity index is 0.00000261. The number of guanidine groups is 1. The van der Waals surface area contributed by atoms with Crippen molar-refractivity contribution in [1.82, 2.24) is 10.6 Å². The fraction of sp³-hybridized carbons (Fsp3) is 0.350. The molecule has 0 saturated carbocycles. The number of halogens is 2. The maximum atomic E-state index is 13.9. The summed E-state index contributed by atoms with van der Waals surface area (Å²) in [4.78, 5) is 4.58. The molecule has 2 N–H and O–H groups in total. The van der Waals surface area contributed by atoms with Gasteiger partial charge in [-0.25, -0.2) is 9.38 Å². The quantitative estimate of drug-likeness (QED) is 0.384. The number of nitrogens with one attached hydrogen (secondary N) is 2. The number of aryl methyl sites for hydroxylation is 1. The van der Waals surface area contributed by atoms with Crippen molar-refractivity contribution in [1.29, 1.82) is 0 Å². The lowest BCUT2D eigenvalue weighted by atomic mass is 10.1. The van der Waals surface area contributed by atoms with Crippen LogP contribution in [0.5, 0.6) is 5.75 Å². The predicted octanol–water partition coefficient (Wildman–Crippen LogP) is 3.87. The van der Waals surface area contributed by atoms with E-state index in [4.69, 9.17) is 9.47 Å². The van der Waals surface area contributed by atoms with E-state index in [0.717, 1.165) is 17.7 Å². The molecular formula is C20H25FIN3O2. The van der Waals surface area contributed by atoms with E-state index in [9.17, 15) is 4.39 Å². The first-order chi connectivity index (χ1) is 12.7. The smallest absolute Gasteiger partial charge is 0.191 e. The fourth-order valence-corrected chi connectivity index (χ4v) is 2.87. The minimum atomic E-state index is -0.305. The van der Waals surface area contributed by atoms with Crippen LogP contribution in [0.4, 0.5) is 4.39 Å². The Labute approximate surface area is 176 Å². The summed E-state index contributed by atoms with van der Waals surface area (Å²) in [6.45, 7) is 6.36. The molecular weight excluding hydrogens is 460 g/mol. The van der Waals surface area contributed by atoms with Gasteiger partial charge in [0, 0.05) is 24.2 Å². The SMILES string of the molecule is CCNC(=NCc1cc(F)cc2c1OCOC2)NCc1ccccc1C.I. The summed E-state index contributed by atoms with van der Waals surface area (Å²) in [7, 11) is 0. The molecule has 5 nitrogen and oxygen atoms in total. The van der Waals surface area contributed by atoms with Crippen LogP contribution in [0.25, 0.3) is 0 Å². The van der Waals surface area contributed by atoms with Crippen LogP contribution in [0.1, 0.15) is 29.2 Å². The van der Waals surface area contributed by atoms with Crippen molar-refractivity contribution in [3.05, 3.63) is 64.5 Å². The maximum absolute atomic E-state index is 13.9. The van der Waals surface area contributed by atoms with Crippen LogP contribution in [0.15, 0.2) is 41.4 Å². The second-order valence-corrected chi connectivity index (χ2v) is 6.14. The van der Waals surface area contributed by atoms with Crippen LogP contribution < -0.4 is 15.4 Å². The third-order valence-electron chi connectivity index (χ3n) is 4.21. The van der Waals surface area contributed by atoms with Crippen molar-refractivity contribution in [2.75, 3.05) is 13.3 Å². The molecule has 7 heteroatoms. The van der Waals surface area contributed by atoms with Gasteiger partial charge in [-0.15, -0.1) is 24.0 Å². The molecule has 146 valence electrons. The molecule has 3 rings (SSSR count). The summed E-state index contributed by atoms with van der Waals surface area (Å²) in [6, 6.07) is 11.1. The van der Waals surface area contributed by atoms with Gasteiger partial charge in [0.1, 0.15) is 11.6 Å².